The van der Waals surface area contributed by atoms with Crippen molar-refractivity contribution in [3.05, 3.63) is 128 Å². The summed E-state index contributed by atoms with van der Waals surface area (Å²) in [5, 5.41) is 28.8. The van der Waals surface area contributed by atoms with Crippen LogP contribution in [-0.4, -0.2) is 22.9 Å². The predicted molar refractivity (Wildman–Crippen MR) is 168 cm³/mol. The van der Waals surface area contributed by atoms with Crippen LogP contribution in [0.5, 0.6) is 23.0 Å². The van der Waals surface area contributed by atoms with E-state index in [2.05, 4.69) is 10.6 Å². The van der Waals surface area contributed by atoms with Crippen molar-refractivity contribution >= 4 is 11.4 Å². The maximum absolute atomic E-state index is 10.8. The van der Waals surface area contributed by atoms with Gasteiger partial charge >= 0.3 is 0 Å². The van der Waals surface area contributed by atoms with Gasteiger partial charge in [-0.25, -0.2) is 0 Å². The van der Waals surface area contributed by atoms with E-state index in [-0.39, 0.29) is 11.4 Å². The van der Waals surface area contributed by atoms with Crippen LogP contribution < -0.4 is 20.1 Å². The first-order valence-corrected chi connectivity index (χ1v) is 14.9. The zero-order valence-corrected chi connectivity index (χ0v) is 24.4. The van der Waals surface area contributed by atoms with Crippen molar-refractivity contribution in [1.82, 2.24) is 10.6 Å². The minimum Gasteiger partial charge on any atom is -0.457 e. The SMILES string of the molecule is O=[N+]([O-])c1ccc(Oc2ccc(CNC[C@H]3CC[C@H](CNCc4ccc(Oc5ccc([N+](=O)[O-])cc5)cc4)CC3)cc2)cc1. The van der Waals surface area contributed by atoms with Crippen LogP contribution in [0.1, 0.15) is 36.8 Å². The Morgan fingerprint density at radius 1 is 0.523 bits per heavy atom. The molecule has 1 aliphatic rings. The molecule has 4 aromatic rings. The molecule has 44 heavy (non-hydrogen) atoms. The molecule has 0 radical (unpaired) electrons. The second-order valence-electron chi connectivity index (χ2n) is 11.1. The first-order valence-electron chi connectivity index (χ1n) is 14.9. The van der Waals surface area contributed by atoms with Crippen molar-refractivity contribution < 1.29 is 19.3 Å². The zero-order chi connectivity index (χ0) is 30.7. The van der Waals surface area contributed by atoms with Crippen molar-refractivity contribution in [3.63, 3.8) is 0 Å². The van der Waals surface area contributed by atoms with Crippen LogP contribution >= 0.6 is 0 Å². The lowest BCUT2D eigenvalue weighted by Crippen LogP contribution is -2.30. The summed E-state index contributed by atoms with van der Waals surface area (Å²) in [6.07, 6.45) is 4.93. The van der Waals surface area contributed by atoms with Crippen molar-refractivity contribution in [2.45, 2.75) is 38.8 Å². The maximum Gasteiger partial charge on any atom is 0.269 e. The third kappa shape index (κ3) is 9.10. The Labute approximate surface area is 256 Å². The maximum atomic E-state index is 10.8. The van der Waals surface area contributed by atoms with Gasteiger partial charge in [0.1, 0.15) is 23.0 Å². The van der Waals surface area contributed by atoms with E-state index >= 15 is 0 Å². The molecule has 0 saturated heterocycles. The summed E-state index contributed by atoms with van der Waals surface area (Å²) in [5.41, 5.74) is 2.45. The first kappa shape index (κ1) is 30.7. The Bertz CT molecular complexity index is 1380. The number of hydrogen-bond donors (Lipinski definition) is 2. The van der Waals surface area contributed by atoms with Crippen molar-refractivity contribution in [2.75, 3.05) is 13.1 Å². The lowest BCUT2D eigenvalue weighted by Gasteiger charge is -2.29. The van der Waals surface area contributed by atoms with Gasteiger partial charge < -0.3 is 20.1 Å². The Hall–Kier alpha value is -4.80. The zero-order valence-electron chi connectivity index (χ0n) is 24.4. The molecule has 228 valence electrons. The van der Waals surface area contributed by atoms with E-state index in [1.165, 1.54) is 61.1 Å². The average Bonchev–Trinajstić information content (AvgIpc) is 3.04. The number of benzene rings is 4. The molecular formula is C34H36N4O6. The van der Waals surface area contributed by atoms with Gasteiger partial charge in [-0.3, -0.25) is 20.2 Å². The standard InChI is InChI=1S/C34H36N4O6/c39-37(40)29-9-17-33(18-10-29)43-31-13-5-27(6-14-31)23-35-21-25-1-2-26(4-3-25)22-36-24-28-7-15-32(16-8-28)44-34-19-11-30(12-20-34)38(41)42/h5-20,25-26,35-36H,1-4,21-24H2/t25-,26-. The van der Waals surface area contributed by atoms with Crippen molar-refractivity contribution in [1.29, 1.82) is 0 Å². The number of nitro benzene ring substituents is 2. The van der Waals surface area contributed by atoms with E-state index in [0.29, 0.717) is 34.8 Å². The Morgan fingerprint density at radius 3 is 1.11 bits per heavy atom. The number of rotatable bonds is 14. The highest BCUT2D eigenvalue weighted by Gasteiger charge is 2.20. The van der Waals surface area contributed by atoms with Gasteiger partial charge in [0.05, 0.1) is 9.85 Å². The lowest BCUT2D eigenvalue weighted by atomic mass is 9.82. The highest BCUT2D eigenvalue weighted by atomic mass is 16.6. The van der Waals surface area contributed by atoms with Crippen LogP contribution in [0.4, 0.5) is 11.4 Å². The molecule has 10 heteroatoms. The number of nitrogens with one attached hydrogen (secondary N) is 2. The second kappa shape index (κ2) is 15.1. The number of ether oxygens (including phenoxy) is 2. The fraction of sp³-hybridized carbons (Fsp3) is 0.294. The summed E-state index contributed by atoms with van der Waals surface area (Å²) in [7, 11) is 0. The number of hydrogen-bond acceptors (Lipinski definition) is 8. The summed E-state index contributed by atoms with van der Waals surface area (Å²) in [6.45, 7) is 3.62. The summed E-state index contributed by atoms with van der Waals surface area (Å²) >= 11 is 0. The average molecular weight is 597 g/mol. The molecule has 0 bridgehead atoms. The molecule has 0 aliphatic heterocycles. The second-order valence-corrected chi connectivity index (χ2v) is 11.1. The van der Waals surface area contributed by atoms with Gasteiger partial charge in [-0.05, 0) is 110 Å². The molecule has 0 amide bonds. The first-order chi connectivity index (χ1) is 21.4. The van der Waals surface area contributed by atoms with E-state index in [4.69, 9.17) is 9.47 Å². The van der Waals surface area contributed by atoms with Crippen LogP contribution in [0.3, 0.4) is 0 Å². The van der Waals surface area contributed by atoms with Gasteiger partial charge in [-0.15, -0.1) is 0 Å². The lowest BCUT2D eigenvalue weighted by molar-refractivity contribution is -0.385. The van der Waals surface area contributed by atoms with E-state index < -0.39 is 9.85 Å². The summed E-state index contributed by atoms with van der Waals surface area (Å²) in [4.78, 5) is 20.7. The van der Waals surface area contributed by atoms with Crippen LogP contribution in [0.2, 0.25) is 0 Å². The van der Waals surface area contributed by atoms with E-state index in [1.54, 1.807) is 24.3 Å². The molecule has 1 aliphatic carbocycles. The fourth-order valence-electron chi connectivity index (χ4n) is 5.38. The van der Waals surface area contributed by atoms with Crippen LogP contribution in [0.15, 0.2) is 97.1 Å². The molecule has 0 aromatic heterocycles. The largest absolute Gasteiger partial charge is 0.457 e. The highest BCUT2D eigenvalue weighted by molar-refractivity contribution is 5.40. The number of nitro groups is 2. The normalized spacial score (nSPS) is 16.3. The topological polar surface area (TPSA) is 129 Å². The van der Waals surface area contributed by atoms with Gasteiger partial charge in [0.25, 0.3) is 11.4 Å². The molecule has 5 rings (SSSR count). The Balaban J connectivity index is 0.943. The smallest absolute Gasteiger partial charge is 0.269 e. The quantitative estimate of drug-likeness (QED) is 0.112. The molecule has 0 unspecified atom stereocenters. The third-order valence-corrected chi connectivity index (χ3v) is 7.90. The van der Waals surface area contributed by atoms with E-state index in [1.807, 2.05) is 48.5 Å². The molecule has 1 saturated carbocycles. The van der Waals surface area contributed by atoms with Crippen LogP contribution in [-0.2, 0) is 13.1 Å². The highest BCUT2D eigenvalue weighted by Crippen LogP contribution is 2.29. The van der Waals surface area contributed by atoms with Gasteiger partial charge in [0, 0.05) is 37.4 Å². The summed E-state index contributed by atoms with van der Waals surface area (Å²) < 4.78 is 11.6. The molecule has 1 fully saturated rings. The van der Waals surface area contributed by atoms with Crippen LogP contribution in [0, 0.1) is 32.1 Å². The van der Waals surface area contributed by atoms with E-state index in [9.17, 15) is 20.2 Å². The minimum absolute atomic E-state index is 0.0407. The Kier molecular flexibility index (Phi) is 10.5. The minimum atomic E-state index is -0.426. The van der Waals surface area contributed by atoms with Crippen molar-refractivity contribution in [2.24, 2.45) is 11.8 Å². The number of nitrogens with zero attached hydrogens (tertiary/aromatic N) is 2. The molecule has 4 aromatic carbocycles. The van der Waals surface area contributed by atoms with Crippen molar-refractivity contribution in [3.8, 4) is 23.0 Å². The van der Waals surface area contributed by atoms with Gasteiger partial charge in [-0.2, -0.15) is 0 Å². The molecule has 0 spiro atoms. The third-order valence-electron chi connectivity index (χ3n) is 7.90. The molecule has 10 nitrogen and oxygen atoms in total. The van der Waals surface area contributed by atoms with Gasteiger partial charge in [0.15, 0.2) is 0 Å². The fourth-order valence-corrected chi connectivity index (χ4v) is 5.38. The Morgan fingerprint density at radius 2 is 0.818 bits per heavy atom. The molecule has 0 heterocycles. The van der Waals surface area contributed by atoms with Crippen LogP contribution in [0.25, 0.3) is 0 Å². The molecule has 2 N–H and O–H groups in total. The summed E-state index contributed by atoms with van der Waals surface area (Å²) in [6, 6.07) is 27.9. The van der Waals surface area contributed by atoms with E-state index in [0.717, 1.165) is 26.2 Å². The molecule has 0 atom stereocenters. The summed E-state index contributed by atoms with van der Waals surface area (Å²) in [5.74, 6) is 3.91. The monoisotopic (exact) mass is 596 g/mol. The number of non-ortho nitro benzene ring substituents is 2. The molecular weight excluding hydrogens is 560 g/mol. The van der Waals surface area contributed by atoms with Gasteiger partial charge in [-0.1, -0.05) is 24.3 Å². The van der Waals surface area contributed by atoms with Gasteiger partial charge in [0.2, 0.25) is 0 Å². The predicted octanol–water partition coefficient (Wildman–Crippen LogP) is 7.77.